The minimum absolute atomic E-state index is 0.0650. The molecule has 0 aliphatic carbocycles. The van der Waals surface area contributed by atoms with Crippen molar-refractivity contribution >= 4 is 0 Å². The molecule has 1 unspecified atom stereocenters. The van der Waals surface area contributed by atoms with Crippen LogP contribution in [0.15, 0.2) is 18.2 Å². The van der Waals surface area contributed by atoms with E-state index in [9.17, 15) is 4.39 Å². The van der Waals surface area contributed by atoms with Gasteiger partial charge in [0.05, 0.1) is 7.11 Å². The number of benzene rings is 1. The predicted molar refractivity (Wildman–Crippen MR) is 79.5 cm³/mol. The molecule has 0 fully saturated rings. The van der Waals surface area contributed by atoms with Crippen molar-refractivity contribution < 1.29 is 14.2 Å². The number of aliphatic hydroxyl groups excluding tert-OH is 1. The Labute approximate surface area is 121 Å². The summed E-state index contributed by atoms with van der Waals surface area (Å²) in [5.41, 5.74) is 0.628. The number of hydrogen-bond donors (Lipinski definition) is 2. The Morgan fingerprint density at radius 3 is 2.70 bits per heavy atom. The van der Waals surface area contributed by atoms with Crippen LogP contribution < -0.4 is 10.1 Å². The van der Waals surface area contributed by atoms with Gasteiger partial charge < -0.3 is 15.2 Å². The second-order valence-corrected chi connectivity index (χ2v) is 5.95. The summed E-state index contributed by atoms with van der Waals surface area (Å²) in [5.74, 6) is 0.315. The first-order valence-corrected chi connectivity index (χ1v) is 7.08. The van der Waals surface area contributed by atoms with E-state index in [1.54, 1.807) is 19.2 Å². The van der Waals surface area contributed by atoms with Crippen molar-refractivity contribution in [1.82, 2.24) is 5.32 Å². The Bertz CT molecular complexity index is 421. The molecule has 0 bridgehead atoms. The van der Waals surface area contributed by atoms with Crippen molar-refractivity contribution in [2.24, 2.45) is 5.41 Å². The first-order valence-electron chi connectivity index (χ1n) is 7.08. The molecule has 1 aromatic carbocycles. The Morgan fingerprint density at radius 1 is 1.40 bits per heavy atom. The lowest BCUT2D eigenvalue weighted by Crippen LogP contribution is -2.32. The number of halogens is 1. The van der Waals surface area contributed by atoms with Crippen molar-refractivity contribution in [2.75, 3.05) is 20.3 Å². The summed E-state index contributed by atoms with van der Waals surface area (Å²) >= 11 is 0. The third kappa shape index (κ3) is 4.76. The quantitative estimate of drug-likeness (QED) is 0.769. The molecular formula is C16H26FNO2. The van der Waals surface area contributed by atoms with Crippen LogP contribution in [0.4, 0.5) is 4.39 Å². The molecule has 0 amide bonds. The summed E-state index contributed by atoms with van der Waals surface area (Å²) in [4.78, 5) is 0. The normalized spacial score (nSPS) is 13.3. The molecule has 0 saturated heterocycles. The predicted octanol–water partition coefficient (Wildman–Crippen LogP) is 3.28. The highest BCUT2D eigenvalue weighted by Gasteiger charge is 2.21. The molecule has 4 heteroatoms. The van der Waals surface area contributed by atoms with E-state index in [1.165, 1.54) is 6.07 Å². The number of ether oxygens (including phenoxy) is 1. The maximum Gasteiger partial charge on any atom is 0.131 e. The SMILES string of the molecule is COc1cccc(F)c1C(C)NCC(C)(C)CCCO. The molecule has 1 rings (SSSR count). The largest absolute Gasteiger partial charge is 0.496 e. The van der Waals surface area contributed by atoms with Gasteiger partial charge >= 0.3 is 0 Å². The third-order valence-electron chi connectivity index (χ3n) is 3.56. The first-order chi connectivity index (χ1) is 9.41. The van der Waals surface area contributed by atoms with Gasteiger partial charge in [-0.25, -0.2) is 4.39 Å². The first kappa shape index (κ1) is 16.9. The van der Waals surface area contributed by atoms with Gasteiger partial charge in [-0.3, -0.25) is 0 Å². The fraction of sp³-hybridized carbons (Fsp3) is 0.625. The molecule has 114 valence electrons. The molecule has 0 saturated carbocycles. The second kappa shape index (κ2) is 7.60. The van der Waals surface area contributed by atoms with Gasteiger partial charge in [0.25, 0.3) is 0 Å². The number of rotatable bonds is 8. The maximum atomic E-state index is 14.0. The Balaban J connectivity index is 2.70. The van der Waals surface area contributed by atoms with E-state index in [-0.39, 0.29) is 23.9 Å². The van der Waals surface area contributed by atoms with Gasteiger partial charge in [-0.1, -0.05) is 19.9 Å². The second-order valence-electron chi connectivity index (χ2n) is 5.95. The van der Waals surface area contributed by atoms with Gasteiger partial charge in [-0.05, 0) is 37.3 Å². The van der Waals surface area contributed by atoms with Crippen molar-refractivity contribution in [3.63, 3.8) is 0 Å². The van der Waals surface area contributed by atoms with Crippen LogP contribution in [-0.2, 0) is 0 Å². The van der Waals surface area contributed by atoms with Gasteiger partial charge in [-0.15, -0.1) is 0 Å². The molecule has 1 atom stereocenters. The lowest BCUT2D eigenvalue weighted by Gasteiger charge is -2.27. The monoisotopic (exact) mass is 283 g/mol. The number of hydrogen-bond acceptors (Lipinski definition) is 3. The summed E-state index contributed by atoms with van der Waals surface area (Å²) < 4.78 is 19.2. The number of methoxy groups -OCH3 is 1. The highest BCUT2D eigenvalue weighted by Crippen LogP contribution is 2.29. The third-order valence-corrected chi connectivity index (χ3v) is 3.56. The Kier molecular flexibility index (Phi) is 6.43. The van der Waals surface area contributed by atoms with E-state index in [4.69, 9.17) is 9.84 Å². The van der Waals surface area contributed by atoms with Crippen molar-refractivity contribution in [3.05, 3.63) is 29.6 Å². The molecule has 0 heterocycles. The van der Waals surface area contributed by atoms with Gasteiger partial charge in [0.1, 0.15) is 11.6 Å². The smallest absolute Gasteiger partial charge is 0.131 e. The molecular weight excluding hydrogens is 257 g/mol. The van der Waals surface area contributed by atoms with Crippen molar-refractivity contribution in [3.8, 4) is 5.75 Å². The zero-order valence-corrected chi connectivity index (χ0v) is 12.9. The summed E-state index contributed by atoms with van der Waals surface area (Å²) in [6, 6.07) is 4.75. The molecule has 0 spiro atoms. The van der Waals surface area contributed by atoms with Crippen LogP contribution in [0.5, 0.6) is 5.75 Å². The van der Waals surface area contributed by atoms with Crippen molar-refractivity contribution in [1.29, 1.82) is 0 Å². The summed E-state index contributed by atoms with van der Waals surface area (Å²) in [6.07, 6.45) is 1.71. The highest BCUT2D eigenvalue weighted by atomic mass is 19.1. The van der Waals surface area contributed by atoms with Gasteiger partial charge in [0.2, 0.25) is 0 Å². The standard InChI is InChI=1S/C16H26FNO2/c1-12(18-11-16(2,3)9-6-10-19)15-13(17)7-5-8-14(15)20-4/h5,7-8,12,18-19H,6,9-11H2,1-4H3. The minimum atomic E-state index is -0.252. The fourth-order valence-electron chi connectivity index (χ4n) is 2.29. The maximum absolute atomic E-state index is 14.0. The van der Waals surface area contributed by atoms with Crippen LogP contribution in [0.25, 0.3) is 0 Å². The minimum Gasteiger partial charge on any atom is -0.496 e. The van der Waals surface area contributed by atoms with Crippen LogP contribution in [-0.4, -0.2) is 25.4 Å². The highest BCUT2D eigenvalue weighted by molar-refractivity contribution is 5.36. The molecule has 0 aromatic heterocycles. The van der Waals surface area contributed by atoms with Crippen LogP contribution >= 0.6 is 0 Å². The molecule has 1 aromatic rings. The van der Waals surface area contributed by atoms with E-state index in [1.807, 2.05) is 6.92 Å². The van der Waals surface area contributed by atoms with Gasteiger partial charge in [0, 0.05) is 24.8 Å². The Morgan fingerprint density at radius 2 is 2.10 bits per heavy atom. The van der Waals surface area contributed by atoms with Gasteiger partial charge in [0.15, 0.2) is 0 Å². The molecule has 0 radical (unpaired) electrons. The number of aliphatic hydroxyl groups is 1. The van der Waals surface area contributed by atoms with E-state index in [0.29, 0.717) is 11.3 Å². The van der Waals surface area contributed by atoms with Gasteiger partial charge in [-0.2, -0.15) is 0 Å². The van der Waals surface area contributed by atoms with Crippen molar-refractivity contribution in [2.45, 2.75) is 39.7 Å². The lowest BCUT2D eigenvalue weighted by atomic mass is 9.87. The van der Waals surface area contributed by atoms with Crippen LogP contribution in [0.1, 0.15) is 45.2 Å². The lowest BCUT2D eigenvalue weighted by molar-refractivity contribution is 0.232. The zero-order valence-electron chi connectivity index (χ0n) is 12.9. The summed E-state index contributed by atoms with van der Waals surface area (Å²) in [6.45, 7) is 7.18. The van der Waals surface area contributed by atoms with E-state index >= 15 is 0 Å². The van der Waals surface area contributed by atoms with Crippen LogP contribution in [0.2, 0.25) is 0 Å². The molecule has 2 N–H and O–H groups in total. The summed E-state index contributed by atoms with van der Waals surface area (Å²) in [5, 5.41) is 12.3. The number of nitrogens with one attached hydrogen (secondary N) is 1. The zero-order chi connectivity index (χ0) is 15.2. The summed E-state index contributed by atoms with van der Waals surface area (Å²) in [7, 11) is 1.55. The average molecular weight is 283 g/mol. The van der Waals surface area contributed by atoms with Crippen LogP contribution in [0.3, 0.4) is 0 Å². The van der Waals surface area contributed by atoms with E-state index < -0.39 is 0 Å². The van der Waals surface area contributed by atoms with E-state index in [2.05, 4.69) is 19.2 Å². The molecule has 3 nitrogen and oxygen atoms in total. The molecule has 0 aliphatic rings. The van der Waals surface area contributed by atoms with Crippen LogP contribution in [0, 0.1) is 11.2 Å². The Hall–Kier alpha value is -1.13. The van der Waals surface area contributed by atoms with E-state index in [0.717, 1.165) is 19.4 Å². The fourth-order valence-corrected chi connectivity index (χ4v) is 2.29. The molecule has 20 heavy (non-hydrogen) atoms. The average Bonchev–Trinajstić information content (AvgIpc) is 2.42. The molecule has 0 aliphatic heterocycles. The topological polar surface area (TPSA) is 41.5 Å².